The number of halogens is 3. The maximum absolute atomic E-state index is 11.9. The van der Waals surface area contributed by atoms with Crippen molar-refractivity contribution >= 4 is 5.96 Å². The molecule has 124 valence electrons. The van der Waals surface area contributed by atoms with E-state index in [4.69, 9.17) is 0 Å². The van der Waals surface area contributed by atoms with Crippen LogP contribution in [-0.2, 0) is 11.3 Å². The van der Waals surface area contributed by atoms with Gasteiger partial charge in [-0.2, -0.15) is 13.2 Å². The normalized spacial score (nSPS) is 12.3. The Morgan fingerprint density at radius 2 is 1.91 bits per heavy atom. The number of nitrogens with one attached hydrogen (secondary N) is 2. The highest BCUT2D eigenvalue weighted by atomic mass is 19.4. The molecule has 0 saturated carbocycles. The maximum Gasteiger partial charge on any atom is 0.411 e. The van der Waals surface area contributed by atoms with Gasteiger partial charge in [-0.05, 0) is 18.9 Å². The summed E-state index contributed by atoms with van der Waals surface area (Å²) in [5, 5.41) is 6.15. The Morgan fingerprint density at radius 3 is 2.55 bits per heavy atom. The third kappa shape index (κ3) is 9.23. The van der Waals surface area contributed by atoms with Gasteiger partial charge in [-0.1, -0.05) is 30.3 Å². The minimum Gasteiger partial charge on any atom is -0.372 e. The molecule has 1 aromatic rings. The van der Waals surface area contributed by atoms with Crippen LogP contribution in [0.4, 0.5) is 13.2 Å². The maximum atomic E-state index is 11.9. The third-order valence-corrected chi connectivity index (χ3v) is 2.63. The van der Waals surface area contributed by atoms with Crippen molar-refractivity contribution in [2.75, 3.05) is 26.3 Å². The number of alkyl halides is 3. The molecule has 0 spiro atoms. The molecule has 0 aliphatic carbocycles. The van der Waals surface area contributed by atoms with Crippen LogP contribution >= 0.6 is 0 Å². The molecule has 0 atom stereocenters. The monoisotopic (exact) mass is 317 g/mol. The fourth-order valence-electron chi connectivity index (χ4n) is 1.66. The lowest BCUT2D eigenvalue weighted by Gasteiger charge is -2.12. The zero-order valence-corrected chi connectivity index (χ0v) is 12.6. The molecule has 1 aromatic carbocycles. The van der Waals surface area contributed by atoms with Gasteiger partial charge in [-0.25, -0.2) is 4.99 Å². The largest absolute Gasteiger partial charge is 0.411 e. The number of benzene rings is 1. The average Bonchev–Trinajstić information content (AvgIpc) is 2.48. The van der Waals surface area contributed by atoms with Gasteiger partial charge in [0, 0.05) is 19.7 Å². The second-order valence-corrected chi connectivity index (χ2v) is 4.63. The second kappa shape index (κ2) is 10.0. The molecule has 1 rings (SSSR count). The molecule has 0 fully saturated rings. The quantitative estimate of drug-likeness (QED) is 0.440. The van der Waals surface area contributed by atoms with Crippen LogP contribution in [0, 0.1) is 0 Å². The minimum atomic E-state index is -4.26. The number of hydrogen-bond acceptors (Lipinski definition) is 2. The van der Waals surface area contributed by atoms with Crippen LogP contribution in [0.15, 0.2) is 35.3 Å². The Labute approximate surface area is 128 Å². The van der Waals surface area contributed by atoms with Crippen LogP contribution < -0.4 is 10.6 Å². The van der Waals surface area contributed by atoms with E-state index in [9.17, 15) is 13.2 Å². The minimum absolute atomic E-state index is 0.0601. The summed E-state index contributed by atoms with van der Waals surface area (Å²) in [6, 6.07) is 9.81. The molecule has 0 aromatic heterocycles. The lowest BCUT2D eigenvalue weighted by atomic mass is 10.2. The Hall–Kier alpha value is -1.76. The van der Waals surface area contributed by atoms with Gasteiger partial charge in [0.15, 0.2) is 5.96 Å². The molecule has 0 aliphatic rings. The first-order valence-corrected chi connectivity index (χ1v) is 7.22. The van der Waals surface area contributed by atoms with Crippen molar-refractivity contribution in [3.8, 4) is 0 Å². The SMILES string of the molecule is CCNC(=NCc1ccccc1)NCCCOCC(F)(F)F. The van der Waals surface area contributed by atoms with Gasteiger partial charge in [0.2, 0.25) is 0 Å². The van der Waals surface area contributed by atoms with Gasteiger partial charge in [-0.3, -0.25) is 0 Å². The topological polar surface area (TPSA) is 45.7 Å². The summed E-state index contributed by atoms with van der Waals surface area (Å²) in [6.07, 6.45) is -3.79. The van der Waals surface area contributed by atoms with E-state index in [2.05, 4.69) is 20.4 Å². The van der Waals surface area contributed by atoms with Crippen molar-refractivity contribution in [3.63, 3.8) is 0 Å². The van der Waals surface area contributed by atoms with Crippen molar-refractivity contribution in [1.82, 2.24) is 10.6 Å². The summed E-state index contributed by atoms with van der Waals surface area (Å²) in [5.74, 6) is 0.641. The summed E-state index contributed by atoms with van der Waals surface area (Å²) < 4.78 is 40.2. The summed E-state index contributed by atoms with van der Waals surface area (Å²) in [7, 11) is 0. The summed E-state index contributed by atoms with van der Waals surface area (Å²) in [6.45, 7) is 2.57. The van der Waals surface area contributed by atoms with Crippen molar-refractivity contribution in [2.24, 2.45) is 4.99 Å². The number of aliphatic imine (C=N–C) groups is 1. The Kier molecular flexibility index (Phi) is 8.35. The first kappa shape index (κ1) is 18.3. The summed E-state index contributed by atoms with van der Waals surface area (Å²) >= 11 is 0. The molecule has 2 N–H and O–H groups in total. The van der Waals surface area contributed by atoms with E-state index in [0.29, 0.717) is 32.0 Å². The number of guanidine groups is 1. The van der Waals surface area contributed by atoms with Crippen LogP contribution in [0.5, 0.6) is 0 Å². The Morgan fingerprint density at radius 1 is 1.18 bits per heavy atom. The van der Waals surface area contributed by atoms with Gasteiger partial charge >= 0.3 is 6.18 Å². The molecule has 0 aliphatic heterocycles. The molecule has 0 amide bonds. The van der Waals surface area contributed by atoms with Gasteiger partial charge < -0.3 is 15.4 Å². The van der Waals surface area contributed by atoms with Gasteiger partial charge in [0.25, 0.3) is 0 Å². The number of hydrogen-bond donors (Lipinski definition) is 2. The molecule has 0 unspecified atom stereocenters. The average molecular weight is 317 g/mol. The fraction of sp³-hybridized carbons (Fsp3) is 0.533. The van der Waals surface area contributed by atoms with Crippen LogP contribution in [0.1, 0.15) is 18.9 Å². The Balaban J connectivity index is 2.26. The smallest absolute Gasteiger partial charge is 0.372 e. The summed E-state index contributed by atoms with van der Waals surface area (Å²) in [4.78, 5) is 4.41. The molecule has 0 saturated heterocycles. The zero-order chi connectivity index (χ0) is 16.3. The zero-order valence-electron chi connectivity index (χ0n) is 12.6. The van der Waals surface area contributed by atoms with Gasteiger partial charge in [-0.15, -0.1) is 0 Å². The molecule has 7 heteroatoms. The number of rotatable bonds is 8. The molecule has 0 bridgehead atoms. The van der Waals surface area contributed by atoms with E-state index in [0.717, 1.165) is 5.56 Å². The molecule has 0 radical (unpaired) electrons. The van der Waals surface area contributed by atoms with E-state index in [-0.39, 0.29) is 6.61 Å². The lowest BCUT2D eigenvalue weighted by Crippen LogP contribution is -2.38. The third-order valence-electron chi connectivity index (χ3n) is 2.63. The van der Waals surface area contributed by atoms with Crippen LogP contribution in [0.2, 0.25) is 0 Å². The highest BCUT2D eigenvalue weighted by Crippen LogP contribution is 2.14. The summed E-state index contributed by atoms with van der Waals surface area (Å²) in [5.41, 5.74) is 1.09. The molecule has 4 nitrogen and oxygen atoms in total. The number of nitrogens with zero attached hydrogens (tertiary/aromatic N) is 1. The first-order chi connectivity index (χ1) is 10.5. The highest BCUT2D eigenvalue weighted by Gasteiger charge is 2.27. The number of ether oxygens (including phenoxy) is 1. The van der Waals surface area contributed by atoms with E-state index in [1.54, 1.807) is 0 Å². The van der Waals surface area contributed by atoms with Crippen molar-refractivity contribution in [2.45, 2.75) is 26.1 Å². The van der Waals surface area contributed by atoms with E-state index >= 15 is 0 Å². The van der Waals surface area contributed by atoms with E-state index < -0.39 is 12.8 Å². The van der Waals surface area contributed by atoms with Gasteiger partial charge in [0.1, 0.15) is 6.61 Å². The molecule has 22 heavy (non-hydrogen) atoms. The second-order valence-electron chi connectivity index (χ2n) is 4.63. The van der Waals surface area contributed by atoms with E-state index in [1.165, 1.54) is 0 Å². The van der Waals surface area contributed by atoms with Crippen molar-refractivity contribution in [3.05, 3.63) is 35.9 Å². The van der Waals surface area contributed by atoms with Gasteiger partial charge in [0.05, 0.1) is 6.54 Å². The van der Waals surface area contributed by atoms with Crippen LogP contribution in [0.3, 0.4) is 0 Å². The predicted molar refractivity (Wildman–Crippen MR) is 80.8 cm³/mol. The van der Waals surface area contributed by atoms with Crippen molar-refractivity contribution < 1.29 is 17.9 Å². The predicted octanol–water partition coefficient (Wildman–Crippen LogP) is 2.71. The first-order valence-electron chi connectivity index (χ1n) is 7.22. The van der Waals surface area contributed by atoms with Crippen molar-refractivity contribution in [1.29, 1.82) is 0 Å². The molecular weight excluding hydrogens is 295 g/mol. The van der Waals surface area contributed by atoms with Crippen LogP contribution in [0.25, 0.3) is 0 Å². The Bertz CT molecular complexity index is 435. The molecular formula is C15H22F3N3O. The lowest BCUT2D eigenvalue weighted by molar-refractivity contribution is -0.173. The fourth-order valence-corrected chi connectivity index (χ4v) is 1.66. The highest BCUT2D eigenvalue weighted by molar-refractivity contribution is 5.79. The van der Waals surface area contributed by atoms with E-state index in [1.807, 2.05) is 37.3 Å². The molecule has 0 heterocycles. The van der Waals surface area contributed by atoms with Crippen LogP contribution in [-0.4, -0.2) is 38.4 Å². The standard InChI is InChI=1S/C15H22F3N3O/c1-2-19-14(21-11-13-7-4-3-5-8-13)20-9-6-10-22-12-15(16,17)18/h3-5,7-8H,2,6,9-12H2,1H3,(H2,19,20,21).